The third kappa shape index (κ3) is 4.94. The fraction of sp³-hybridized carbons (Fsp3) is 0.412. The molecule has 0 saturated heterocycles. The lowest BCUT2D eigenvalue weighted by molar-refractivity contribution is -0.151. The van der Waals surface area contributed by atoms with Gasteiger partial charge in [-0.25, -0.2) is 0 Å². The van der Waals surface area contributed by atoms with Crippen LogP contribution < -0.4 is 9.64 Å². The molecule has 1 aromatic carbocycles. The van der Waals surface area contributed by atoms with Gasteiger partial charge in [-0.05, 0) is 12.1 Å². The number of nitrogens with zero attached hydrogens (tertiary/aromatic N) is 3. The molecule has 8 heteroatoms. The molecule has 0 aromatic heterocycles. The van der Waals surface area contributed by atoms with E-state index in [1.54, 1.807) is 24.3 Å². The van der Waals surface area contributed by atoms with E-state index in [-0.39, 0.29) is 51.0 Å². The van der Waals surface area contributed by atoms with Crippen LogP contribution in [0, 0.1) is 11.3 Å². The number of para-hydroxylation sites is 2. The monoisotopic (exact) mass is 345 g/mol. The molecule has 1 heterocycles. The van der Waals surface area contributed by atoms with E-state index in [1.807, 2.05) is 6.07 Å². The van der Waals surface area contributed by atoms with Crippen molar-refractivity contribution in [3.05, 3.63) is 24.3 Å². The van der Waals surface area contributed by atoms with E-state index in [2.05, 4.69) is 0 Å². The second kappa shape index (κ2) is 8.68. The Morgan fingerprint density at radius 2 is 2.16 bits per heavy atom. The molecular formula is C17H19N3O5. The van der Waals surface area contributed by atoms with Gasteiger partial charge in [-0.2, -0.15) is 5.26 Å². The molecule has 1 aliphatic heterocycles. The zero-order chi connectivity index (χ0) is 18.2. The Hall–Kier alpha value is -3.08. The number of fused-ring (bicyclic) bond motifs is 1. The van der Waals surface area contributed by atoms with Crippen LogP contribution in [-0.4, -0.2) is 56.0 Å². The molecule has 1 aromatic rings. The second-order valence-electron chi connectivity index (χ2n) is 5.44. The second-order valence-corrected chi connectivity index (χ2v) is 5.44. The van der Waals surface area contributed by atoms with Gasteiger partial charge < -0.3 is 19.3 Å². The third-order valence-corrected chi connectivity index (χ3v) is 3.69. The highest BCUT2D eigenvalue weighted by Crippen LogP contribution is 2.31. The van der Waals surface area contributed by atoms with E-state index in [1.165, 1.54) is 16.8 Å². The molecule has 8 nitrogen and oxygen atoms in total. The minimum atomic E-state index is -0.571. The lowest BCUT2D eigenvalue weighted by atomic mass is 10.2. The molecule has 0 N–H and O–H groups in total. The van der Waals surface area contributed by atoms with Gasteiger partial charge in [-0.1, -0.05) is 12.1 Å². The maximum absolute atomic E-state index is 12.0. The Morgan fingerprint density at radius 1 is 1.40 bits per heavy atom. The van der Waals surface area contributed by atoms with Gasteiger partial charge in [-0.3, -0.25) is 14.4 Å². The first kappa shape index (κ1) is 18.3. The number of hydrogen-bond donors (Lipinski definition) is 0. The summed E-state index contributed by atoms with van der Waals surface area (Å²) in [5, 5.41) is 8.49. The quantitative estimate of drug-likeness (QED) is 0.675. The van der Waals surface area contributed by atoms with Gasteiger partial charge in [0.15, 0.2) is 13.2 Å². The summed E-state index contributed by atoms with van der Waals surface area (Å²) in [6, 6.07) is 9.01. The Morgan fingerprint density at radius 3 is 2.92 bits per heavy atom. The fourth-order valence-corrected chi connectivity index (χ4v) is 2.27. The molecule has 0 unspecified atom stereocenters. The van der Waals surface area contributed by atoms with Crippen LogP contribution in [0.3, 0.4) is 0 Å². The Balaban J connectivity index is 1.81. The van der Waals surface area contributed by atoms with E-state index < -0.39 is 5.97 Å². The zero-order valence-corrected chi connectivity index (χ0v) is 13.9. The molecule has 0 aliphatic carbocycles. The molecule has 1 aliphatic rings. The van der Waals surface area contributed by atoms with Crippen molar-refractivity contribution < 1.29 is 23.9 Å². The van der Waals surface area contributed by atoms with E-state index >= 15 is 0 Å². The maximum atomic E-state index is 12.0. The van der Waals surface area contributed by atoms with E-state index in [9.17, 15) is 14.4 Å². The third-order valence-electron chi connectivity index (χ3n) is 3.69. The number of rotatable bonds is 7. The van der Waals surface area contributed by atoms with Crippen molar-refractivity contribution in [2.45, 2.75) is 12.8 Å². The van der Waals surface area contributed by atoms with Crippen molar-refractivity contribution in [2.75, 3.05) is 38.3 Å². The topological polar surface area (TPSA) is 99.9 Å². The Bertz CT molecular complexity index is 698. The van der Waals surface area contributed by atoms with Crippen LogP contribution in [0.15, 0.2) is 24.3 Å². The Kier molecular flexibility index (Phi) is 6.34. The summed E-state index contributed by atoms with van der Waals surface area (Å²) in [5.74, 6) is -0.598. The predicted octanol–water partition coefficient (Wildman–Crippen LogP) is 0.717. The number of hydrogen-bond acceptors (Lipinski definition) is 6. The van der Waals surface area contributed by atoms with Gasteiger partial charge in [0.25, 0.3) is 11.8 Å². The van der Waals surface area contributed by atoms with Gasteiger partial charge in [0.05, 0.1) is 24.6 Å². The van der Waals surface area contributed by atoms with Gasteiger partial charge in [-0.15, -0.1) is 0 Å². The van der Waals surface area contributed by atoms with Gasteiger partial charge in [0.2, 0.25) is 0 Å². The summed E-state index contributed by atoms with van der Waals surface area (Å²) < 4.78 is 10.3. The van der Waals surface area contributed by atoms with Crippen LogP contribution in [0.25, 0.3) is 0 Å². The van der Waals surface area contributed by atoms with Gasteiger partial charge >= 0.3 is 5.97 Å². The number of benzene rings is 1. The number of amides is 2. The van der Waals surface area contributed by atoms with Crippen molar-refractivity contribution in [3.63, 3.8) is 0 Å². The van der Waals surface area contributed by atoms with Crippen molar-refractivity contribution in [3.8, 4) is 11.8 Å². The molecule has 0 bridgehead atoms. The number of nitriles is 1. The number of carbonyl (C=O) groups is 3. The summed E-state index contributed by atoms with van der Waals surface area (Å²) in [6.07, 6.45) is 0.185. The smallest absolute Gasteiger partial charge is 0.308 e. The zero-order valence-electron chi connectivity index (χ0n) is 13.9. The molecule has 0 fully saturated rings. The SMILES string of the molecule is CN(CCC#N)C(=O)COC(=O)CCN1C(=O)COc2ccccc21. The first-order chi connectivity index (χ1) is 12.0. The minimum Gasteiger partial charge on any atom is -0.482 e. The van der Waals surface area contributed by atoms with Crippen molar-refractivity contribution in [2.24, 2.45) is 0 Å². The average Bonchev–Trinajstić information content (AvgIpc) is 2.63. The number of carbonyl (C=O) groups excluding carboxylic acids is 3. The number of anilines is 1. The lowest BCUT2D eigenvalue weighted by Crippen LogP contribution is -2.40. The average molecular weight is 345 g/mol. The van der Waals surface area contributed by atoms with Crippen molar-refractivity contribution in [1.29, 1.82) is 5.26 Å². The molecule has 0 radical (unpaired) electrons. The van der Waals surface area contributed by atoms with Crippen LogP contribution >= 0.6 is 0 Å². The van der Waals surface area contributed by atoms with Crippen LogP contribution in [0.4, 0.5) is 5.69 Å². The number of likely N-dealkylation sites (N-methyl/N-ethyl adjacent to an activating group) is 1. The van der Waals surface area contributed by atoms with Crippen molar-refractivity contribution in [1.82, 2.24) is 4.90 Å². The van der Waals surface area contributed by atoms with Gasteiger partial charge in [0.1, 0.15) is 5.75 Å². The van der Waals surface area contributed by atoms with Crippen molar-refractivity contribution >= 4 is 23.5 Å². The minimum absolute atomic E-state index is 0.0325. The molecule has 2 rings (SSSR count). The van der Waals surface area contributed by atoms with Gasteiger partial charge in [0, 0.05) is 20.1 Å². The predicted molar refractivity (Wildman–Crippen MR) is 87.7 cm³/mol. The molecule has 2 amide bonds. The summed E-state index contributed by atoms with van der Waals surface area (Å²) in [6.45, 7) is -0.0227. The highest BCUT2D eigenvalue weighted by molar-refractivity contribution is 5.98. The highest BCUT2D eigenvalue weighted by Gasteiger charge is 2.25. The maximum Gasteiger partial charge on any atom is 0.308 e. The first-order valence-corrected chi connectivity index (χ1v) is 7.81. The number of ether oxygens (including phenoxy) is 2. The standard InChI is InChI=1S/C17H19N3O5/c1-19(9-4-8-18)15(21)11-25-17(23)7-10-20-13-5-2-3-6-14(13)24-12-16(20)22/h2-3,5-6H,4,7,9-12H2,1H3. The molecule has 0 atom stereocenters. The first-order valence-electron chi connectivity index (χ1n) is 7.81. The molecule has 0 saturated carbocycles. The van der Waals surface area contributed by atoms with Crippen LogP contribution in [0.2, 0.25) is 0 Å². The van der Waals surface area contributed by atoms with Crippen LogP contribution in [0.5, 0.6) is 5.75 Å². The van der Waals surface area contributed by atoms with Crippen LogP contribution in [-0.2, 0) is 19.1 Å². The summed E-state index contributed by atoms with van der Waals surface area (Å²) in [7, 11) is 1.54. The largest absolute Gasteiger partial charge is 0.482 e. The molecule has 132 valence electrons. The highest BCUT2D eigenvalue weighted by atomic mass is 16.5. The lowest BCUT2D eigenvalue weighted by Gasteiger charge is -2.29. The molecule has 0 spiro atoms. The Labute approximate surface area is 145 Å². The molecule has 25 heavy (non-hydrogen) atoms. The van der Waals surface area contributed by atoms with E-state index in [0.717, 1.165) is 0 Å². The number of esters is 1. The fourth-order valence-electron chi connectivity index (χ4n) is 2.27. The molecular weight excluding hydrogens is 326 g/mol. The summed E-state index contributed by atoms with van der Waals surface area (Å²) >= 11 is 0. The normalized spacial score (nSPS) is 12.6. The summed E-state index contributed by atoms with van der Waals surface area (Å²) in [5.41, 5.74) is 0.610. The summed E-state index contributed by atoms with van der Waals surface area (Å²) in [4.78, 5) is 38.4. The van der Waals surface area contributed by atoms with E-state index in [4.69, 9.17) is 14.7 Å². The van der Waals surface area contributed by atoms with Crippen LogP contribution in [0.1, 0.15) is 12.8 Å². The van der Waals surface area contributed by atoms with E-state index in [0.29, 0.717) is 11.4 Å².